The molecule has 3 heterocycles. The summed E-state index contributed by atoms with van der Waals surface area (Å²) in [5.41, 5.74) is 8.87. The zero-order valence-corrected chi connectivity index (χ0v) is 43.0. The monoisotopic (exact) mass is 1050 g/mol. The Kier molecular flexibility index (Phi) is 27.3. The number of anilines is 1. The first kappa shape index (κ1) is 59.6. The minimum atomic E-state index is -1.46. The number of aryl methyl sites for hydroxylation is 1. The lowest BCUT2D eigenvalue weighted by molar-refractivity contribution is -0.135. The summed E-state index contributed by atoms with van der Waals surface area (Å²) < 4.78 is 56.9. The third kappa shape index (κ3) is 23.0. The second kappa shape index (κ2) is 34.3. The van der Waals surface area contributed by atoms with Crippen LogP contribution in [0.25, 0.3) is 22.7 Å². The first-order valence-corrected chi connectivity index (χ1v) is 25.0. The second-order valence-corrected chi connectivity index (χ2v) is 17.2. The smallest absolute Gasteiger partial charge is 0.274 e. The van der Waals surface area contributed by atoms with Crippen LogP contribution in [0.15, 0.2) is 88.2 Å². The van der Waals surface area contributed by atoms with Crippen LogP contribution in [0.5, 0.6) is 5.75 Å². The number of fused-ring (bicyclic) bond motifs is 1. The molecular formula is C52H72N8O15. The molecule has 3 amide bonds. The van der Waals surface area contributed by atoms with E-state index in [4.69, 9.17) is 52.8 Å². The van der Waals surface area contributed by atoms with Gasteiger partial charge >= 0.3 is 0 Å². The van der Waals surface area contributed by atoms with Crippen LogP contribution in [0.3, 0.4) is 0 Å². The van der Waals surface area contributed by atoms with E-state index >= 15 is 0 Å². The topological polar surface area (TPSA) is 290 Å². The number of nitrogens with zero attached hydrogens (tertiary/aromatic N) is 4. The SMILES string of the molecule is CC(C)C[C@H](NC(=O)[C@@H](O)[C@H](N)Cc1ccccc1)C(=O)NCCOCCOCCOCCOCCOCCOCCOCCOCCOc1ccc(C(=O)Nc2ccc3oc(-c4ccc(=O)n(C)n4)nc3c2)nc1. The van der Waals surface area contributed by atoms with Crippen LogP contribution in [-0.2, 0) is 61.0 Å². The summed E-state index contributed by atoms with van der Waals surface area (Å²) in [6.07, 6.45) is 0.730. The number of carbonyl (C=O) groups is 3. The van der Waals surface area contributed by atoms with Gasteiger partial charge in [0.2, 0.25) is 11.8 Å². The van der Waals surface area contributed by atoms with Crippen LogP contribution in [0.2, 0.25) is 0 Å². The summed E-state index contributed by atoms with van der Waals surface area (Å²) in [5.74, 6) is -0.579. The minimum Gasteiger partial charge on any atom is -0.490 e. The maximum absolute atomic E-state index is 12.9. The molecule has 3 atom stereocenters. The molecular weight excluding hydrogens is 977 g/mol. The number of aliphatic hydroxyl groups excluding tert-OH is 1. The summed E-state index contributed by atoms with van der Waals surface area (Å²) in [4.78, 5) is 58.8. The van der Waals surface area contributed by atoms with Crippen molar-refractivity contribution in [1.82, 2.24) is 30.4 Å². The Balaban J connectivity index is 0.744. The van der Waals surface area contributed by atoms with Crippen molar-refractivity contribution < 1.29 is 66.5 Å². The van der Waals surface area contributed by atoms with Crippen LogP contribution in [0, 0.1) is 5.92 Å². The van der Waals surface area contributed by atoms with Crippen molar-refractivity contribution in [3.05, 3.63) is 101 Å². The van der Waals surface area contributed by atoms with E-state index in [0.29, 0.717) is 147 Å². The van der Waals surface area contributed by atoms with Gasteiger partial charge in [-0.1, -0.05) is 44.2 Å². The quantitative estimate of drug-likeness (QED) is 0.0353. The Labute approximate surface area is 436 Å². The van der Waals surface area contributed by atoms with E-state index in [0.717, 1.165) is 5.56 Å². The molecule has 6 N–H and O–H groups in total. The number of amides is 3. The number of aromatic nitrogens is 4. The fourth-order valence-corrected chi connectivity index (χ4v) is 6.91. The Morgan fingerprint density at radius 1 is 0.707 bits per heavy atom. The molecule has 0 unspecified atom stereocenters. The highest BCUT2D eigenvalue weighted by Crippen LogP contribution is 2.25. The van der Waals surface area contributed by atoms with Crippen LogP contribution >= 0.6 is 0 Å². The number of aliphatic hydroxyl groups is 1. The molecule has 75 heavy (non-hydrogen) atoms. The lowest BCUT2D eigenvalue weighted by atomic mass is 10.00. The van der Waals surface area contributed by atoms with Crippen molar-refractivity contribution in [2.45, 2.75) is 44.9 Å². The van der Waals surface area contributed by atoms with Gasteiger partial charge in [0.15, 0.2) is 5.58 Å². The van der Waals surface area contributed by atoms with Gasteiger partial charge in [0, 0.05) is 31.4 Å². The van der Waals surface area contributed by atoms with Gasteiger partial charge < -0.3 is 73.8 Å². The number of nitrogens with two attached hydrogens (primary N) is 1. The first-order chi connectivity index (χ1) is 36.5. The Morgan fingerprint density at radius 3 is 1.83 bits per heavy atom. The highest BCUT2D eigenvalue weighted by Gasteiger charge is 2.28. The molecule has 410 valence electrons. The molecule has 5 aromatic rings. The van der Waals surface area contributed by atoms with Gasteiger partial charge in [-0.2, -0.15) is 5.10 Å². The highest BCUT2D eigenvalue weighted by molar-refractivity contribution is 6.03. The molecule has 0 radical (unpaired) electrons. The van der Waals surface area contributed by atoms with Gasteiger partial charge in [0.25, 0.3) is 17.4 Å². The molecule has 23 nitrogen and oxygen atoms in total. The summed E-state index contributed by atoms with van der Waals surface area (Å²) in [6.45, 7) is 10.8. The zero-order valence-electron chi connectivity index (χ0n) is 43.0. The fourth-order valence-electron chi connectivity index (χ4n) is 6.91. The van der Waals surface area contributed by atoms with Crippen molar-refractivity contribution in [3.63, 3.8) is 0 Å². The molecule has 0 aliphatic heterocycles. The van der Waals surface area contributed by atoms with E-state index in [1.807, 2.05) is 44.2 Å². The number of carbonyl (C=O) groups excluding carboxylic acids is 3. The zero-order chi connectivity index (χ0) is 53.5. The molecule has 0 saturated carbocycles. The van der Waals surface area contributed by atoms with Crippen molar-refractivity contribution in [1.29, 1.82) is 0 Å². The predicted octanol–water partition coefficient (Wildman–Crippen LogP) is 2.33. The number of rotatable bonds is 39. The van der Waals surface area contributed by atoms with Crippen LogP contribution in [0.1, 0.15) is 36.3 Å². The molecule has 0 fully saturated rings. The molecule has 0 bridgehead atoms. The van der Waals surface area contributed by atoms with Crippen LogP contribution in [-0.4, -0.2) is 180 Å². The van der Waals surface area contributed by atoms with Gasteiger partial charge in [-0.05, 0) is 60.7 Å². The van der Waals surface area contributed by atoms with Gasteiger partial charge in [-0.3, -0.25) is 19.2 Å². The molecule has 2 aromatic carbocycles. The summed E-state index contributed by atoms with van der Waals surface area (Å²) in [6, 6.07) is 18.9. The molecule has 0 saturated heterocycles. The Hall–Kier alpha value is -6.25. The Bertz CT molecular complexity index is 2480. The number of benzene rings is 2. The molecule has 0 spiro atoms. The van der Waals surface area contributed by atoms with Crippen molar-refractivity contribution in [2.75, 3.05) is 124 Å². The van der Waals surface area contributed by atoms with Gasteiger partial charge in [-0.15, -0.1) is 0 Å². The van der Waals surface area contributed by atoms with Gasteiger partial charge in [0.1, 0.15) is 41.4 Å². The first-order valence-electron chi connectivity index (χ1n) is 25.0. The van der Waals surface area contributed by atoms with E-state index in [2.05, 4.69) is 31.0 Å². The minimum absolute atomic E-state index is 0.124. The Morgan fingerprint density at radius 2 is 1.28 bits per heavy atom. The van der Waals surface area contributed by atoms with E-state index < -0.39 is 30.0 Å². The standard InChI is InChI=1S/C52H72N8O15/c1-37(2)33-45(57-51(65)48(62)41(53)34-38-7-5-4-6-8-38)49(63)54-15-16-66-17-18-67-19-20-68-21-22-69-23-24-70-25-26-71-27-28-72-29-30-73-31-32-74-40-10-11-42(55-36-40)50(64)56-39-9-13-46-44(35-39)58-52(75-46)43-12-14-47(61)60(3)59-43/h4-14,35-37,41,45,48,62H,15-34,53H2,1-3H3,(H,54,63)(H,56,64)(H,57,65)/t41-,45+,48+/m1/s1. The van der Waals surface area contributed by atoms with Gasteiger partial charge in [-0.25, -0.2) is 14.6 Å². The normalized spacial score (nSPS) is 12.7. The molecule has 0 aliphatic rings. The summed E-state index contributed by atoms with van der Waals surface area (Å²) in [5, 5.41) is 22.9. The van der Waals surface area contributed by atoms with E-state index in [1.54, 1.807) is 37.4 Å². The molecule has 3 aromatic heterocycles. The van der Waals surface area contributed by atoms with E-state index in [1.165, 1.54) is 23.0 Å². The number of hydrogen-bond acceptors (Lipinski definition) is 19. The molecule has 0 aliphatic carbocycles. The number of pyridine rings is 1. The third-order valence-corrected chi connectivity index (χ3v) is 10.8. The van der Waals surface area contributed by atoms with Crippen molar-refractivity contribution in [2.24, 2.45) is 18.7 Å². The number of oxazole rings is 1. The third-order valence-electron chi connectivity index (χ3n) is 10.8. The van der Waals surface area contributed by atoms with Crippen molar-refractivity contribution >= 4 is 34.5 Å². The lowest BCUT2D eigenvalue weighted by Gasteiger charge is -2.24. The average Bonchev–Trinajstić information content (AvgIpc) is 3.83. The summed E-state index contributed by atoms with van der Waals surface area (Å²) in [7, 11) is 1.54. The molecule has 5 rings (SSSR count). The maximum atomic E-state index is 12.9. The number of nitrogens with one attached hydrogen (secondary N) is 3. The number of hydrogen-bond donors (Lipinski definition) is 5. The van der Waals surface area contributed by atoms with Crippen molar-refractivity contribution in [3.8, 4) is 17.3 Å². The average molecular weight is 1050 g/mol. The largest absolute Gasteiger partial charge is 0.490 e. The van der Waals surface area contributed by atoms with E-state index in [-0.39, 0.29) is 42.1 Å². The predicted molar refractivity (Wildman–Crippen MR) is 275 cm³/mol. The van der Waals surface area contributed by atoms with E-state index in [9.17, 15) is 24.3 Å². The fraction of sp³-hybridized carbons (Fsp3) is 0.519. The highest BCUT2D eigenvalue weighted by atomic mass is 16.6. The maximum Gasteiger partial charge on any atom is 0.274 e. The molecule has 23 heteroatoms. The summed E-state index contributed by atoms with van der Waals surface area (Å²) >= 11 is 0. The second-order valence-electron chi connectivity index (χ2n) is 17.2. The lowest BCUT2D eigenvalue weighted by Crippen LogP contribution is -2.54. The van der Waals surface area contributed by atoms with Gasteiger partial charge in [0.05, 0.1) is 112 Å². The van der Waals surface area contributed by atoms with Crippen LogP contribution in [0.4, 0.5) is 5.69 Å². The van der Waals surface area contributed by atoms with Crippen LogP contribution < -0.4 is 32.0 Å². The number of ether oxygens (including phenoxy) is 9.